The van der Waals surface area contributed by atoms with E-state index in [4.69, 9.17) is 0 Å². The van der Waals surface area contributed by atoms with Crippen LogP contribution in [-0.2, 0) is 13.5 Å². The molecule has 0 aromatic carbocycles. The zero-order valence-electron chi connectivity index (χ0n) is 2.89. The summed E-state index contributed by atoms with van der Waals surface area (Å²) in [6, 6.07) is 0. The first-order valence-corrected chi connectivity index (χ1v) is 0. The fourth-order valence-electron chi connectivity index (χ4n) is 0. The van der Waals surface area contributed by atoms with Crippen LogP contribution in [0.3, 0.4) is 0 Å². The van der Waals surface area contributed by atoms with Crippen LogP contribution in [0.5, 0.6) is 0 Å². The maximum Gasteiger partial charge on any atom is 1.00 e. The Morgan fingerprint density at radius 1 is 1.00 bits per heavy atom. The van der Waals surface area contributed by atoms with Gasteiger partial charge in [0.2, 0.25) is 0 Å². The smallest absolute Gasteiger partial charge is 0.870 e. The third kappa shape index (κ3) is 8.87. The van der Waals surface area contributed by atoms with Gasteiger partial charge in [-0.1, -0.05) is 0 Å². The third-order valence-corrected chi connectivity index (χ3v) is 0. The molecule has 4 heavy (non-hydrogen) atoms. The maximum atomic E-state index is 0. The van der Waals surface area contributed by atoms with Gasteiger partial charge < -0.3 is 19.0 Å². The first kappa shape index (κ1) is 28.3. The van der Waals surface area contributed by atoms with Crippen molar-refractivity contribution >= 4 is 13.5 Å². The van der Waals surface area contributed by atoms with Gasteiger partial charge in [0.25, 0.3) is 0 Å². The Labute approximate surface area is 97.4 Å². The summed E-state index contributed by atoms with van der Waals surface area (Å²) in [4.78, 5) is 0. The molecule has 0 bridgehead atoms. The number of rotatable bonds is 0. The van der Waals surface area contributed by atoms with Gasteiger partial charge in [-0.3, -0.25) is 0 Å². The van der Waals surface area contributed by atoms with Gasteiger partial charge in [-0.2, -0.15) is 0 Å². The van der Waals surface area contributed by atoms with Crippen LogP contribution in [0.4, 0.5) is 0 Å². The van der Waals surface area contributed by atoms with Crippen molar-refractivity contribution in [2.75, 3.05) is 0 Å². The molecule has 0 aliphatic rings. The van der Waals surface area contributed by atoms with Crippen molar-refractivity contribution in [3.05, 3.63) is 0 Å². The van der Waals surface area contributed by atoms with Crippen molar-refractivity contribution in [2.45, 2.75) is 0 Å². The van der Waals surface area contributed by atoms with Crippen LogP contribution in [-0.4, -0.2) is 5.48 Å². The predicted octanol–water partition coefficient (Wildman–Crippen LogP) is -6.44. The standard InChI is InChI=1S/K.Na.H2O.H2S/h;;2*1H2/q2*+1;;/p-2. The topological polar surface area (TPSA) is 30.0 Å². The molecule has 1 nitrogen and oxygen atoms in total. The van der Waals surface area contributed by atoms with Crippen molar-refractivity contribution < 1.29 is 86.4 Å². The molecule has 0 saturated carbocycles. The van der Waals surface area contributed by atoms with Crippen LogP contribution >= 0.6 is 0 Å². The van der Waals surface area contributed by atoms with Crippen LogP contribution in [0.1, 0.15) is 0 Å². The second-order valence-corrected chi connectivity index (χ2v) is 0. The third-order valence-electron chi connectivity index (χ3n) is 0. The van der Waals surface area contributed by atoms with E-state index in [1.165, 1.54) is 0 Å². The molecule has 0 fully saturated rings. The summed E-state index contributed by atoms with van der Waals surface area (Å²) < 4.78 is 0. The molecular weight excluding hydrogens is 110 g/mol. The first-order valence-electron chi connectivity index (χ1n) is 0. The van der Waals surface area contributed by atoms with E-state index in [0.29, 0.717) is 0 Å². The van der Waals surface area contributed by atoms with E-state index in [0.717, 1.165) is 0 Å². The fourth-order valence-corrected chi connectivity index (χ4v) is 0. The molecule has 0 rings (SSSR count). The molecule has 0 unspecified atom stereocenters. The molecule has 16 valence electrons. The molecule has 0 spiro atoms. The van der Waals surface area contributed by atoms with Gasteiger partial charge in [0.15, 0.2) is 0 Å². The Bertz CT molecular complexity index is 8.00. The molecule has 0 aliphatic heterocycles. The molecule has 1 N–H and O–H groups in total. The summed E-state index contributed by atoms with van der Waals surface area (Å²) in [5.74, 6) is 0. The summed E-state index contributed by atoms with van der Waals surface area (Å²) in [7, 11) is 0. The molecule has 0 heterocycles. The monoisotopic (exact) mass is 112 g/mol. The Morgan fingerprint density at radius 3 is 1.00 bits per heavy atom. The second kappa shape index (κ2) is 16.8. The fraction of sp³-hybridized carbons (Fsp3) is 0. The quantitative estimate of drug-likeness (QED) is 0.177. The molecule has 0 radical (unpaired) electrons. The van der Waals surface area contributed by atoms with Crippen LogP contribution in [0.15, 0.2) is 0 Å². The van der Waals surface area contributed by atoms with E-state index in [2.05, 4.69) is 0 Å². The van der Waals surface area contributed by atoms with Crippen molar-refractivity contribution in [1.29, 1.82) is 0 Å². The minimum atomic E-state index is 0. The summed E-state index contributed by atoms with van der Waals surface area (Å²) in [5.41, 5.74) is 0. The average Bonchev–Trinajstić information content (AvgIpc) is 0. The molecule has 0 aromatic heterocycles. The summed E-state index contributed by atoms with van der Waals surface area (Å²) in [6.07, 6.45) is 0. The van der Waals surface area contributed by atoms with Crippen molar-refractivity contribution in [3.8, 4) is 0 Å². The molecular formula is H2KNaOS. The van der Waals surface area contributed by atoms with Gasteiger partial charge in [0.1, 0.15) is 0 Å². The average molecular weight is 112 g/mol. The van der Waals surface area contributed by atoms with Gasteiger partial charge in [-0.15, -0.1) is 0 Å². The molecule has 0 aromatic rings. The minimum Gasteiger partial charge on any atom is -0.870 e. The summed E-state index contributed by atoms with van der Waals surface area (Å²) >= 11 is 0. The van der Waals surface area contributed by atoms with Crippen LogP contribution in [0.25, 0.3) is 0 Å². The van der Waals surface area contributed by atoms with E-state index in [9.17, 15) is 0 Å². The predicted molar refractivity (Wildman–Crippen MR) is 10.7 cm³/mol. The Kier molecular flexibility index (Phi) is 119. The largest absolute Gasteiger partial charge is 1.00 e. The van der Waals surface area contributed by atoms with Crippen molar-refractivity contribution in [1.82, 2.24) is 0 Å². The molecule has 0 aliphatic carbocycles. The minimum absolute atomic E-state index is 0. The van der Waals surface area contributed by atoms with Gasteiger partial charge >= 0.3 is 80.9 Å². The van der Waals surface area contributed by atoms with Crippen LogP contribution < -0.4 is 80.9 Å². The van der Waals surface area contributed by atoms with Gasteiger partial charge in [-0.25, -0.2) is 0 Å². The van der Waals surface area contributed by atoms with Crippen molar-refractivity contribution in [3.63, 3.8) is 0 Å². The van der Waals surface area contributed by atoms with Crippen LogP contribution in [0, 0.1) is 0 Å². The van der Waals surface area contributed by atoms with E-state index in [-0.39, 0.29) is 99.9 Å². The number of thiol groups is 1. The molecule has 4 heteroatoms. The molecule has 0 saturated heterocycles. The first-order chi connectivity index (χ1) is 0. The summed E-state index contributed by atoms with van der Waals surface area (Å²) in [5, 5.41) is 0. The maximum absolute atomic E-state index is 0. The number of hydrogen-bond acceptors (Lipinski definition) is 2. The normalized spacial score (nSPS) is 0. The molecule has 0 amide bonds. The molecule has 0 atom stereocenters. The van der Waals surface area contributed by atoms with Crippen molar-refractivity contribution in [2.24, 2.45) is 0 Å². The Morgan fingerprint density at radius 2 is 1.00 bits per heavy atom. The van der Waals surface area contributed by atoms with Gasteiger partial charge in [0.05, 0.1) is 0 Å². The Balaban J connectivity index is 0. The van der Waals surface area contributed by atoms with Gasteiger partial charge in [0, 0.05) is 0 Å². The van der Waals surface area contributed by atoms with E-state index >= 15 is 0 Å². The van der Waals surface area contributed by atoms with E-state index < -0.39 is 0 Å². The van der Waals surface area contributed by atoms with Gasteiger partial charge in [-0.05, 0) is 0 Å². The Hall–Kier alpha value is 2.95. The summed E-state index contributed by atoms with van der Waals surface area (Å²) in [6.45, 7) is 0. The van der Waals surface area contributed by atoms with E-state index in [1.54, 1.807) is 0 Å². The van der Waals surface area contributed by atoms with E-state index in [1.807, 2.05) is 0 Å². The number of hydrogen-bond donors (Lipinski definition) is 0. The second-order valence-electron chi connectivity index (χ2n) is 0. The SMILES string of the molecule is [K+].[Na+].[OH-].[SH-]. The zero-order valence-corrected chi connectivity index (χ0v) is 8.91. The zero-order chi connectivity index (χ0) is 0. The van der Waals surface area contributed by atoms with Crippen LogP contribution in [0.2, 0.25) is 0 Å².